The number of rotatable bonds is 6. The van der Waals surface area contributed by atoms with Crippen LogP contribution in [0.4, 0.5) is 8.78 Å². The molecule has 0 spiro atoms. The molecular weight excluding hydrogens is 208 g/mol. The van der Waals surface area contributed by atoms with Crippen LogP contribution in [0.3, 0.4) is 0 Å². The molecule has 90 valence electrons. The maximum absolute atomic E-state index is 12.9. The third-order valence-corrected chi connectivity index (χ3v) is 2.37. The first-order chi connectivity index (χ1) is 7.58. The van der Waals surface area contributed by atoms with Crippen molar-refractivity contribution in [1.82, 2.24) is 5.32 Å². The van der Waals surface area contributed by atoms with Gasteiger partial charge in [-0.25, -0.2) is 8.78 Å². The smallest absolute Gasteiger partial charge is 0.126 e. The maximum atomic E-state index is 12.9. The molecule has 0 atom stereocenters. The highest BCUT2D eigenvalue weighted by Crippen LogP contribution is 2.10. The van der Waals surface area contributed by atoms with Crippen LogP contribution in [0.25, 0.3) is 0 Å². The average molecular weight is 227 g/mol. The number of hydrogen-bond donors (Lipinski definition) is 1. The molecule has 0 amide bonds. The number of halogens is 2. The molecule has 1 N–H and O–H groups in total. The Morgan fingerprint density at radius 2 is 1.69 bits per heavy atom. The Hall–Kier alpha value is -0.960. The van der Waals surface area contributed by atoms with Gasteiger partial charge in [0.25, 0.3) is 0 Å². The van der Waals surface area contributed by atoms with Crippen LogP contribution in [0.2, 0.25) is 0 Å². The first kappa shape index (κ1) is 13.1. The number of benzene rings is 1. The first-order valence-corrected chi connectivity index (χ1v) is 5.76. The Morgan fingerprint density at radius 3 is 2.25 bits per heavy atom. The molecule has 0 saturated carbocycles. The summed E-state index contributed by atoms with van der Waals surface area (Å²) in [6.45, 7) is 5.15. The predicted octanol–water partition coefficient (Wildman–Crippen LogP) is 3.29. The second-order valence-electron chi connectivity index (χ2n) is 4.34. The third-order valence-electron chi connectivity index (χ3n) is 2.37. The van der Waals surface area contributed by atoms with E-state index in [0.29, 0.717) is 6.04 Å². The molecule has 3 heteroatoms. The molecule has 16 heavy (non-hydrogen) atoms. The minimum atomic E-state index is -0.490. The van der Waals surface area contributed by atoms with Gasteiger partial charge in [-0.1, -0.05) is 13.8 Å². The van der Waals surface area contributed by atoms with Crippen LogP contribution in [-0.4, -0.2) is 12.6 Å². The van der Waals surface area contributed by atoms with E-state index in [4.69, 9.17) is 0 Å². The van der Waals surface area contributed by atoms with Gasteiger partial charge < -0.3 is 5.32 Å². The molecule has 0 unspecified atom stereocenters. The highest BCUT2D eigenvalue weighted by Gasteiger charge is 2.00. The Labute approximate surface area is 95.9 Å². The fraction of sp³-hybridized carbons (Fsp3) is 0.538. The molecule has 1 aromatic carbocycles. The minimum Gasteiger partial charge on any atom is -0.315 e. The van der Waals surface area contributed by atoms with Gasteiger partial charge in [-0.3, -0.25) is 0 Å². The quantitative estimate of drug-likeness (QED) is 0.735. The maximum Gasteiger partial charge on any atom is 0.126 e. The van der Waals surface area contributed by atoms with Crippen molar-refractivity contribution in [2.24, 2.45) is 0 Å². The van der Waals surface area contributed by atoms with Crippen LogP contribution >= 0.6 is 0 Å². The second-order valence-corrected chi connectivity index (χ2v) is 4.34. The molecule has 0 radical (unpaired) electrons. The molecular formula is C13H19F2N. The van der Waals surface area contributed by atoms with Gasteiger partial charge in [0.1, 0.15) is 11.6 Å². The SMILES string of the molecule is CC(C)NCCCCc1cc(F)cc(F)c1. The fourth-order valence-electron chi connectivity index (χ4n) is 1.60. The number of aryl methyl sites for hydroxylation is 1. The van der Waals surface area contributed by atoms with Crippen LogP contribution in [0.1, 0.15) is 32.3 Å². The Bertz CT molecular complexity index is 303. The predicted molar refractivity (Wildman–Crippen MR) is 62.4 cm³/mol. The van der Waals surface area contributed by atoms with E-state index in [1.54, 1.807) is 0 Å². The molecule has 1 aromatic rings. The van der Waals surface area contributed by atoms with Crippen molar-refractivity contribution in [1.29, 1.82) is 0 Å². The molecule has 0 aromatic heterocycles. The van der Waals surface area contributed by atoms with Gasteiger partial charge in [-0.05, 0) is 43.5 Å². The average Bonchev–Trinajstić information content (AvgIpc) is 2.15. The summed E-state index contributed by atoms with van der Waals surface area (Å²) >= 11 is 0. The number of unbranched alkanes of at least 4 members (excludes halogenated alkanes) is 1. The van der Waals surface area contributed by atoms with E-state index >= 15 is 0 Å². The molecule has 1 rings (SSSR count). The summed E-state index contributed by atoms with van der Waals surface area (Å²) < 4.78 is 25.7. The monoisotopic (exact) mass is 227 g/mol. The lowest BCUT2D eigenvalue weighted by Gasteiger charge is -2.07. The van der Waals surface area contributed by atoms with Crippen LogP contribution in [0, 0.1) is 11.6 Å². The summed E-state index contributed by atoms with van der Waals surface area (Å²) in [6.07, 6.45) is 2.70. The summed E-state index contributed by atoms with van der Waals surface area (Å²) in [4.78, 5) is 0. The molecule has 0 aliphatic carbocycles. The summed E-state index contributed by atoms with van der Waals surface area (Å²) in [5.41, 5.74) is 0.738. The summed E-state index contributed by atoms with van der Waals surface area (Å²) in [5.74, 6) is -0.981. The molecule has 1 nitrogen and oxygen atoms in total. The lowest BCUT2D eigenvalue weighted by Crippen LogP contribution is -2.23. The number of hydrogen-bond acceptors (Lipinski definition) is 1. The van der Waals surface area contributed by atoms with Crippen LogP contribution < -0.4 is 5.32 Å². The first-order valence-electron chi connectivity index (χ1n) is 5.76. The van der Waals surface area contributed by atoms with Crippen molar-refractivity contribution in [3.05, 3.63) is 35.4 Å². The second kappa shape index (κ2) is 6.59. The molecule has 0 aliphatic heterocycles. The van der Waals surface area contributed by atoms with E-state index in [2.05, 4.69) is 19.2 Å². The van der Waals surface area contributed by atoms with Crippen LogP contribution in [0.15, 0.2) is 18.2 Å². The normalized spacial score (nSPS) is 11.1. The van der Waals surface area contributed by atoms with E-state index in [-0.39, 0.29) is 0 Å². The zero-order valence-electron chi connectivity index (χ0n) is 9.89. The van der Waals surface area contributed by atoms with Crippen molar-refractivity contribution in [2.75, 3.05) is 6.54 Å². The van der Waals surface area contributed by atoms with E-state index in [9.17, 15) is 8.78 Å². The van der Waals surface area contributed by atoms with Gasteiger partial charge >= 0.3 is 0 Å². The van der Waals surface area contributed by atoms with Crippen LogP contribution in [-0.2, 0) is 6.42 Å². The van der Waals surface area contributed by atoms with Crippen LogP contribution in [0.5, 0.6) is 0 Å². The Morgan fingerprint density at radius 1 is 1.06 bits per heavy atom. The largest absolute Gasteiger partial charge is 0.315 e. The standard InChI is InChI=1S/C13H19F2N/c1-10(2)16-6-4-3-5-11-7-12(14)9-13(15)8-11/h7-10,16H,3-6H2,1-2H3. The zero-order chi connectivity index (χ0) is 12.0. The topological polar surface area (TPSA) is 12.0 Å². The molecule has 0 fully saturated rings. The fourth-order valence-corrected chi connectivity index (χ4v) is 1.60. The van der Waals surface area contributed by atoms with Gasteiger partial charge in [-0.2, -0.15) is 0 Å². The number of nitrogens with one attached hydrogen (secondary N) is 1. The van der Waals surface area contributed by atoms with E-state index < -0.39 is 11.6 Å². The van der Waals surface area contributed by atoms with E-state index in [1.165, 1.54) is 12.1 Å². The minimum absolute atomic E-state index is 0.490. The van der Waals surface area contributed by atoms with Gasteiger partial charge in [0.2, 0.25) is 0 Å². The van der Waals surface area contributed by atoms with E-state index in [0.717, 1.165) is 37.4 Å². The molecule has 0 bridgehead atoms. The van der Waals surface area contributed by atoms with Crippen molar-refractivity contribution < 1.29 is 8.78 Å². The van der Waals surface area contributed by atoms with Crippen molar-refractivity contribution in [3.8, 4) is 0 Å². The van der Waals surface area contributed by atoms with Gasteiger partial charge in [0, 0.05) is 12.1 Å². The lowest BCUT2D eigenvalue weighted by atomic mass is 10.1. The van der Waals surface area contributed by atoms with Crippen molar-refractivity contribution in [3.63, 3.8) is 0 Å². The summed E-state index contributed by atoms with van der Waals surface area (Å²) in [6, 6.07) is 4.20. The molecule has 0 saturated heterocycles. The van der Waals surface area contributed by atoms with Crippen molar-refractivity contribution >= 4 is 0 Å². The zero-order valence-corrected chi connectivity index (χ0v) is 9.89. The van der Waals surface area contributed by atoms with Crippen molar-refractivity contribution in [2.45, 2.75) is 39.2 Å². The summed E-state index contributed by atoms with van der Waals surface area (Å²) in [5, 5.41) is 3.31. The lowest BCUT2D eigenvalue weighted by molar-refractivity contribution is 0.554. The third kappa shape index (κ3) is 5.21. The van der Waals surface area contributed by atoms with Gasteiger partial charge in [-0.15, -0.1) is 0 Å². The van der Waals surface area contributed by atoms with E-state index in [1.807, 2.05) is 0 Å². The summed E-state index contributed by atoms with van der Waals surface area (Å²) in [7, 11) is 0. The molecule has 0 aliphatic rings. The van der Waals surface area contributed by atoms with Gasteiger partial charge in [0.05, 0.1) is 0 Å². The highest BCUT2D eigenvalue weighted by molar-refractivity contribution is 5.17. The Kier molecular flexibility index (Phi) is 5.39. The highest BCUT2D eigenvalue weighted by atomic mass is 19.1. The van der Waals surface area contributed by atoms with Gasteiger partial charge in [0.15, 0.2) is 0 Å². The molecule has 0 heterocycles. The Balaban J connectivity index is 2.26.